The number of carbonyl (C=O) groups excluding carboxylic acids is 1. The molecular formula is C21H30N2O5S. The van der Waals surface area contributed by atoms with Gasteiger partial charge in [0, 0.05) is 30.9 Å². The molecule has 1 spiro atoms. The molecule has 0 aliphatic carbocycles. The molecule has 3 aliphatic heterocycles. The van der Waals surface area contributed by atoms with Gasteiger partial charge in [-0.15, -0.1) is 0 Å². The number of ether oxygens (including phenoxy) is 2. The minimum absolute atomic E-state index is 0.0848. The second-order valence-corrected chi connectivity index (χ2v) is 11.0. The number of nitrogens with zero attached hydrogens (tertiary/aromatic N) is 1. The first-order valence-corrected chi connectivity index (χ1v) is 12.1. The average molecular weight is 423 g/mol. The van der Waals surface area contributed by atoms with Crippen LogP contribution < -0.4 is 10.1 Å². The number of nitrogens with one attached hydrogen (secondary N) is 1. The smallest absolute Gasteiger partial charge is 0.234 e. The molecule has 1 N–H and O–H groups in total. The minimum atomic E-state index is -2.97. The van der Waals surface area contributed by atoms with Crippen LogP contribution in [0, 0.1) is 6.92 Å². The third-order valence-corrected chi connectivity index (χ3v) is 8.16. The van der Waals surface area contributed by atoms with Crippen LogP contribution in [0.3, 0.4) is 0 Å². The van der Waals surface area contributed by atoms with Crippen molar-refractivity contribution in [3.05, 3.63) is 29.3 Å². The molecule has 0 radical (unpaired) electrons. The SMILES string of the molecule is Cc1ccc2c(c1)C(NC(=O)CN(C)C1CCS(=O)(=O)C1)CC1(CCOCC1)O2. The maximum Gasteiger partial charge on any atom is 0.234 e. The summed E-state index contributed by atoms with van der Waals surface area (Å²) in [6.45, 7) is 3.56. The van der Waals surface area contributed by atoms with Crippen LogP contribution in [0.4, 0.5) is 0 Å². The van der Waals surface area contributed by atoms with Crippen LogP contribution in [-0.2, 0) is 19.4 Å². The highest BCUT2D eigenvalue weighted by atomic mass is 32.2. The molecule has 3 heterocycles. The molecule has 1 aromatic carbocycles. The average Bonchev–Trinajstić information content (AvgIpc) is 3.03. The molecule has 4 rings (SSSR count). The van der Waals surface area contributed by atoms with E-state index in [4.69, 9.17) is 9.47 Å². The number of sulfone groups is 1. The highest BCUT2D eigenvalue weighted by molar-refractivity contribution is 7.91. The van der Waals surface area contributed by atoms with Crippen molar-refractivity contribution in [1.29, 1.82) is 0 Å². The van der Waals surface area contributed by atoms with Crippen LogP contribution in [0.5, 0.6) is 5.75 Å². The number of aryl methyl sites for hydroxylation is 1. The lowest BCUT2D eigenvalue weighted by Gasteiger charge is -2.44. The van der Waals surface area contributed by atoms with Crippen LogP contribution in [-0.4, -0.2) is 69.2 Å². The van der Waals surface area contributed by atoms with Crippen LogP contribution in [0.1, 0.15) is 42.9 Å². The van der Waals surface area contributed by atoms with E-state index in [0.29, 0.717) is 19.6 Å². The number of fused-ring (bicyclic) bond motifs is 1. The predicted octanol–water partition coefficient (Wildman–Crippen LogP) is 1.60. The first-order chi connectivity index (χ1) is 13.8. The summed E-state index contributed by atoms with van der Waals surface area (Å²) in [4.78, 5) is 14.7. The van der Waals surface area contributed by atoms with Gasteiger partial charge in [0.1, 0.15) is 11.4 Å². The van der Waals surface area contributed by atoms with Gasteiger partial charge in [0.2, 0.25) is 5.91 Å². The quantitative estimate of drug-likeness (QED) is 0.794. The standard InChI is InChI=1S/C21H30N2O5S/c1-15-3-4-19-17(11-15)18(12-21(28-19)6-8-27-9-7-21)22-20(24)13-23(2)16-5-10-29(25,26)14-16/h3-4,11,16,18H,5-10,12-14H2,1-2H3,(H,22,24). The fraction of sp³-hybridized carbons (Fsp3) is 0.667. The summed E-state index contributed by atoms with van der Waals surface area (Å²) < 4.78 is 35.4. The second kappa shape index (κ2) is 7.89. The van der Waals surface area contributed by atoms with Gasteiger partial charge in [-0.2, -0.15) is 0 Å². The van der Waals surface area contributed by atoms with E-state index < -0.39 is 9.84 Å². The largest absolute Gasteiger partial charge is 0.487 e. The lowest BCUT2D eigenvalue weighted by atomic mass is 9.81. The first kappa shape index (κ1) is 20.6. The maximum atomic E-state index is 12.8. The molecule has 160 valence electrons. The topological polar surface area (TPSA) is 84.9 Å². The number of rotatable bonds is 4. The van der Waals surface area contributed by atoms with Crippen molar-refractivity contribution in [3.8, 4) is 5.75 Å². The van der Waals surface area contributed by atoms with Crippen molar-refractivity contribution in [2.24, 2.45) is 0 Å². The summed E-state index contributed by atoms with van der Waals surface area (Å²) in [5.74, 6) is 1.10. The molecule has 29 heavy (non-hydrogen) atoms. The number of hydrogen-bond donors (Lipinski definition) is 1. The zero-order valence-corrected chi connectivity index (χ0v) is 18.0. The minimum Gasteiger partial charge on any atom is -0.487 e. The molecule has 0 bridgehead atoms. The predicted molar refractivity (Wildman–Crippen MR) is 110 cm³/mol. The molecule has 8 heteroatoms. The molecular weight excluding hydrogens is 392 g/mol. The molecule has 2 atom stereocenters. The van der Waals surface area contributed by atoms with Gasteiger partial charge in [0.25, 0.3) is 0 Å². The van der Waals surface area contributed by atoms with E-state index in [2.05, 4.69) is 11.4 Å². The van der Waals surface area contributed by atoms with Gasteiger partial charge in [0.15, 0.2) is 9.84 Å². The summed E-state index contributed by atoms with van der Waals surface area (Å²) in [5.41, 5.74) is 1.84. The van der Waals surface area contributed by atoms with Crippen molar-refractivity contribution >= 4 is 15.7 Å². The Morgan fingerprint density at radius 2 is 2.07 bits per heavy atom. The van der Waals surface area contributed by atoms with Gasteiger partial charge in [-0.1, -0.05) is 17.7 Å². The maximum absolute atomic E-state index is 12.8. The zero-order valence-electron chi connectivity index (χ0n) is 17.1. The summed E-state index contributed by atoms with van der Waals surface area (Å²) in [6.07, 6.45) is 2.94. The van der Waals surface area contributed by atoms with E-state index in [-0.39, 0.29) is 41.6 Å². The molecule has 1 amide bonds. The summed E-state index contributed by atoms with van der Waals surface area (Å²) in [7, 11) is -1.14. The number of benzene rings is 1. The lowest BCUT2D eigenvalue weighted by molar-refractivity contribution is -0.124. The Hall–Kier alpha value is -1.64. The van der Waals surface area contributed by atoms with Crippen molar-refractivity contribution in [2.75, 3.05) is 38.3 Å². The fourth-order valence-corrected chi connectivity index (χ4v) is 6.49. The number of hydrogen-bond acceptors (Lipinski definition) is 6. The van der Waals surface area contributed by atoms with Crippen molar-refractivity contribution in [2.45, 2.75) is 50.3 Å². The monoisotopic (exact) mass is 422 g/mol. The summed E-state index contributed by atoms with van der Waals surface area (Å²) in [6, 6.07) is 5.90. The normalized spacial score (nSPS) is 27.4. The van der Waals surface area contributed by atoms with Gasteiger partial charge < -0.3 is 14.8 Å². The van der Waals surface area contributed by atoms with Crippen molar-refractivity contribution in [3.63, 3.8) is 0 Å². The molecule has 0 aromatic heterocycles. The van der Waals surface area contributed by atoms with Gasteiger partial charge >= 0.3 is 0 Å². The first-order valence-electron chi connectivity index (χ1n) is 10.3. The van der Waals surface area contributed by atoms with E-state index >= 15 is 0 Å². The van der Waals surface area contributed by atoms with Crippen LogP contribution in [0.2, 0.25) is 0 Å². The zero-order chi connectivity index (χ0) is 20.6. The fourth-order valence-electron chi connectivity index (χ4n) is 4.69. The number of likely N-dealkylation sites (N-methyl/N-ethyl adjacent to an activating group) is 1. The Morgan fingerprint density at radius 1 is 1.31 bits per heavy atom. The Bertz CT molecular complexity index is 879. The second-order valence-electron chi connectivity index (χ2n) is 8.73. The van der Waals surface area contributed by atoms with Gasteiger partial charge in [-0.3, -0.25) is 9.69 Å². The molecule has 1 aromatic rings. The van der Waals surface area contributed by atoms with E-state index in [0.717, 1.165) is 36.1 Å². The Labute approximate surface area is 172 Å². The molecule has 2 fully saturated rings. The van der Waals surface area contributed by atoms with Crippen molar-refractivity contribution < 1.29 is 22.7 Å². The lowest BCUT2D eigenvalue weighted by Crippen LogP contribution is -2.50. The molecule has 2 unspecified atom stereocenters. The summed E-state index contributed by atoms with van der Waals surface area (Å²) >= 11 is 0. The number of carbonyl (C=O) groups is 1. The van der Waals surface area contributed by atoms with Gasteiger partial charge in [-0.05, 0) is 26.5 Å². The van der Waals surface area contributed by atoms with E-state index in [1.54, 1.807) is 0 Å². The Balaban J connectivity index is 1.47. The van der Waals surface area contributed by atoms with Gasteiger partial charge in [-0.25, -0.2) is 8.42 Å². The highest BCUT2D eigenvalue weighted by Crippen LogP contribution is 2.44. The summed E-state index contributed by atoms with van der Waals surface area (Å²) in [5, 5.41) is 3.20. The molecule has 2 saturated heterocycles. The van der Waals surface area contributed by atoms with E-state index in [1.165, 1.54) is 0 Å². The Kier molecular flexibility index (Phi) is 5.61. The van der Waals surface area contributed by atoms with Crippen molar-refractivity contribution in [1.82, 2.24) is 10.2 Å². The van der Waals surface area contributed by atoms with Crippen LogP contribution >= 0.6 is 0 Å². The van der Waals surface area contributed by atoms with Crippen LogP contribution in [0.15, 0.2) is 18.2 Å². The highest BCUT2D eigenvalue weighted by Gasteiger charge is 2.43. The molecule has 7 nitrogen and oxygen atoms in total. The third-order valence-electron chi connectivity index (χ3n) is 6.41. The van der Waals surface area contributed by atoms with E-state index in [1.807, 2.05) is 31.0 Å². The number of amides is 1. The molecule has 3 aliphatic rings. The van der Waals surface area contributed by atoms with Crippen LogP contribution in [0.25, 0.3) is 0 Å². The van der Waals surface area contributed by atoms with Gasteiger partial charge in [0.05, 0.1) is 37.3 Å². The molecule has 0 saturated carbocycles. The third kappa shape index (κ3) is 4.59. The Morgan fingerprint density at radius 3 is 2.76 bits per heavy atom. The van der Waals surface area contributed by atoms with E-state index in [9.17, 15) is 13.2 Å².